The fraction of sp³-hybridized carbons (Fsp3) is 0.174. The number of hydrogen-bond acceptors (Lipinski definition) is 4. The van der Waals surface area contributed by atoms with Crippen LogP contribution in [0, 0.1) is 0 Å². The Bertz CT molecular complexity index is 1060. The van der Waals surface area contributed by atoms with Crippen molar-refractivity contribution in [2.24, 2.45) is 0 Å². The Kier molecular flexibility index (Phi) is 6.87. The highest BCUT2D eigenvalue weighted by atomic mass is 32.2. The SMILES string of the molecule is CCNC(=O)c1cc(S(=O)(=O)NC(c2ccccc2)c2ccccc2)ccc1OC. The van der Waals surface area contributed by atoms with Gasteiger partial charge in [0.2, 0.25) is 10.0 Å². The van der Waals surface area contributed by atoms with E-state index < -0.39 is 22.0 Å². The molecular weight excluding hydrogens is 400 g/mol. The van der Waals surface area contributed by atoms with Crippen LogP contribution in [0.1, 0.15) is 34.5 Å². The molecule has 3 aromatic rings. The van der Waals surface area contributed by atoms with E-state index in [1.807, 2.05) is 60.7 Å². The van der Waals surface area contributed by atoms with E-state index in [-0.39, 0.29) is 10.5 Å². The minimum absolute atomic E-state index is 0.0126. The number of amides is 1. The number of benzene rings is 3. The number of carbonyl (C=O) groups excluding carboxylic acids is 1. The van der Waals surface area contributed by atoms with Crippen molar-refractivity contribution < 1.29 is 17.9 Å². The summed E-state index contributed by atoms with van der Waals surface area (Å²) in [6.45, 7) is 2.21. The molecule has 0 atom stereocenters. The minimum Gasteiger partial charge on any atom is -0.496 e. The normalized spacial score (nSPS) is 11.3. The van der Waals surface area contributed by atoms with Crippen molar-refractivity contribution in [3.63, 3.8) is 0 Å². The summed E-state index contributed by atoms with van der Waals surface area (Å²) >= 11 is 0. The molecule has 1 amide bonds. The first-order valence-electron chi connectivity index (χ1n) is 9.54. The van der Waals surface area contributed by atoms with E-state index in [2.05, 4.69) is 10.0 Å². The van der Waals surface area contributed by atoms with Gasteiger partial charge >= 0.3 is 0 Å². The zero-order valence-electron chi connectivity index (χ0n) is 16.8. The van der Waals surface area contributed by atoms with Crippen LogP contribution in [0.3, 0.4) is 0 Å². The largest absolute Gasteiger partial charge is 0.496 e. The third kappa shape index (κ3) is 4.87. The average Bonchev–Trinajstić information content (AvgIpc) is 2.78. The van der Waals surface area contributed by atoms with Gasteiger partial charge in [-0.3, -0.25) is 4.79 Å². The van der Waals surface area contributed by atoms with E-state index in [4.69, 9.17) is 4.74 Å². The maximum absolute atomic E-state index is 13.2. The summed E-state index contributed by atoms with van der Waals surface area (Å²) in [7, 11) is -2.50. The first-order valence-corrected chi connectivity index (χ1v) is 11.0. The molecular formula is C23H24N2O4S. The highest BCUT2D eigenvalue weighted by Crippen LogP contribution is 2.27. The van der Waals surface area contributed by atoms with Crippen molar-refractivity contribution in [3.05, 3.63) is 95.6 Å². The van der Waals surface area contributed by atoms with Crippen LogP contribution >= 0.6 is 0 Å². The standard InChI is InChI=1S/C23H24N2O4S/c1-3-24-23(26)20-16-19(14-15-21(20)29-2)30(27,28)25-22(17-10-6-4-7-11-17)18-12-8-5-9-13-18/h4-16,22,25H,3H2,1-2H3,(H,24,26). The summed E-state index contributed by atoms with van der Waals surface area (Å²) < 4.78 is 34.5. The van der Waals surface area contributed by atoms with Gasteiger partial charge in [-0.25, -0.2) is 8.42 Å². The van der Waals surface area contributed by atoms with Crippen LogP contribution in [0.4, 0.5) is 0 Å². The van der Waals surface area contributed by atoms with Crippen molar-refractivity contribution in [1.29, 1.82) is 0 Å². The van der Waals surface area contributed by atoms with Crippen molar-refractivity contribution in [2.75, 3.05) is 13.7 Å². The van der Waals surface area contributed by atoms with E-state index >= 15 is 0 Å². The molecule has 0 saturated heterocycles. The number of sulfonamides is 1. The summed E-state index contributed by atoms with van der Waals surface area (Å²) in [4.78, 5) is 12.3. The number of hydrogen-bond donors (Lipinski definition) is 2. The molecule has 7 heteroatoms. The molecule has 156 valence electrons. The number of rotatable bonds is 8. The summed E-state index contributed by atoms with van der Waals surface area (Å²) in [6, 6.07) is 22.3. The summed E-state index contributed by atoms with van der Waals surface area (Å²) in [5.41, 5.74) is 1.78. The summed E-state index contributed by atoms with van der Waals surface area (Å²) in [5.74, 6) is -0.0864. The van der Waals surface area contributed by atoms with Gasteiger partial charge in [0, 0.05) is 6.54 Å². The second-order valence-corrected chi connectivity index (χ2v) is 8.31. The second-order valence-electron chi connectivity index (χ2n) is 6.60. The van der Waals surface area contributed by atoms with Crippen molar-refractivity contribution in [2.45, 2.75) is 17.9 Å². The van der Waals surface area contributed by atoms with Gasteiger partial charge in [-0.2, -0.15) is 4.72 Å². The molecule has 0 spiro atoms. The van der Waals surface area contributed by atoms with Gasteiger partial charge in [-0.15, -0.1) is 0 Å². The van der Waals surface area contributed by atoms with Gasteiger partial charge in [-0.05, 0) is 36.2 Å². The highest BCUT2D eigenvalue weighted by Gasteiger charge is 2.25. The molecule has 0 fully saturated rings. The van der Waals surface area contributed by atoms with Gasteiger partial charge in [0.15, 0.2) is 0 Å². The first kappa shape index (κ1) is 21.5. The molecule has 0 saturated carbocycles. The molecule has 2 N–H and O–H groups in total. The summed E-state index contributed by atoms with van der Waals surface area (Å²) in [6.07, 6.45) is 0. The Morgan fingerprint density at radius 2 is 1.50 bits per heavy atom. The molecule has 0 unspecified atom stereocenters. The number of nitrogens with one attached hydrogen (secondary N) is 2. The lowest BCUT2D eigenvalue weighted by atomic mass is 10.00. The van der Waals surface area contributed by atoms with Crippen LogP contribution in [-0.2, 0) is 10.0 Å². The molecule has 0 bridgehead atoms. The molecule has 0 heterocycles. The Balaban J connectivity index is 2.01. The fourth-order valence-corrected chi connectivity index (χ4v) is 4.37. The zero-order chi connectivity index (χ0) is 21.6. The molecule has 0 aliphatic heterocycles. The third-order valence-corrected chi connectivity index (χ3v) is 6.02. The van der Waals surface area contributed by atoms with E-state index in [1.54, 1.807) is 6.92 Å². The number of methoxy groups -OCH3 is 1. The second kappa shape index (κ2) is 9.56. The minimum atomic E-state index is -3.94. The van der Waals surface area contributed by atoms with Crippen molar-refractivity contribution in [3.8, 4) is 5.75 Å². The Hall–Kier alpha value is -3.16. The Morgan fingerprint density at radius 1 is 0.933 bits per heavy atom. The van der Waals surface area contributed by atoms with Crippen LogP contribution in [0.5, 0.6) is 5.75 Å². The molecule has 0 aliphatic rings. The number of carbonyl (C=O) groups is 1. The van der Waals surface area contributed by atoms with E-state index in [0.717, 1.165) is 11.1 Å². The maximum atomic E-state index is 13.2. The lowest BCUT2D eigenvalue weighted by Crippen LogP contribution is -2.30. The lowest BCUT2D eigenvalue weighted by Gasteiger charge is -2.20. The fourth-order valence-electron chi connectivity index (χ4n) is 3.13. The van der Waals surface area contributed by atoms with Gasteiger partial charge in [-0.1, -0.05) is 60.7 Å². The molecule has 0 aliphatic carbocycles. The van der Waals surface area contributed by atoms with Crippen LogP contribution < -0.4 is 14.8 Å². The van der Waals surface area contributed by atoms with Gasteiger partial charge < -0.3 is 10.1 Å². The number of ether oxygens (including phenoxy) is 1. The van der Waals surface area contributed by atoms with Crippen molar-refractivity contribution in [1.82, 2.24) is 10.0 Å². The van der Waals surface area contributed by atoms with Crippen LogP contribution in [-0.4, -0.2) is 28.0 Å². The van der Waals surface area contributed by atoms with Crippen LogP contribution in [0.2, 0.25) is 0 Å². The van der Waals surface area contributed by atoms with Gasteiger partial charge in [0.1, 0.15) is 5.75 Å². The monoisotopic (exact) mass is 424 g/mol. The summed E-state index contributed by atoms with van der Waals surface area (Å²) in [5, 5.41) is 2.67. The predicted molar refractivity (Wildman–Crippen MR) is 116 cm³/mol. The molecule has 0 radical (unpaired) electrons. The molecule has 0 aromatic heterocycles. The third-order valence-electron chi connectivity index (χ3n) is 4.60. The highest BCUT2D eigenvalue weighted by molar-refractivity contribution is 7.89. The zero-order valence-corrected chi connectivity index (χ0v) is 17.6. The smallest absolute Gasteiger partial charge is 0.255 e. The maximum Gasteiger partial charge on any atom is 0.255 e. The van der Waals surface area contributed by atoms with Gasteiger partial charge in [0.25, 0.3) is 5.91 Å². The Labute approximate surface area is 177 Å². The average molecular weight is 425 g/mol. The van der Waals surface area contributed by atoms with Crippen molar-refractivity contribution >= 4 is 15.9 Å². The van der Waals surface area contributed by atoms with Gasteiger partial charge in [0.05, 0.1) is 23.6 Å². The molecule has 3 rings (SSSR count). The van der Waals surface area contributed by atoms with Crippen LogP contribution in [0.15, 0.2) is 83.8 Å². The molecule has 30 heavy (non-hydrogen) atoms. The van der Waals surface area contributed by atoms with E-state index in [0.29, 0.717) is 12.3 Å². The predicted octanol–water partition coefficient (Wildman–Crippen LogP) is 3.51. The van der Waals surface area contributed by atoms with Crippen LogP contribution in [0.25, 0.3) is 0 Å². The van der Waals surface area contributed by atoms with E-state index in [9.17, 15) is 13.2 Å². The van der Waals surface area contributed by atoms with E-state index in [1.165, 1.54) is 25.3 Å². The Morgan fingerprint density at radius 3 is 2.00 bits per heavy atom. The lowest BCUT2D eigenvalue weighted by molar-refractivity contribution is 0.0952. The topological polar surface area (TPSA) is 84.5 Å². The molecule has 3 aromatic carbocycles. The molecule has 6 nitrogen and oxygen atoms in total. The quantitative estimate of drug-likeness (QED) is 0.580. The first-order chi connectivity index (χ1) is 14.5.